The van der Waals surface area contributed by atoms with Gasteiger partial charge in [0, 0.05) is 11.7 Å². The summed E-state index contributed by atoms with van der Waals surface area (Å²) in [6, 6.07) is 14.8. The summed E-state index contributed by atoms with van der Waals surface area (Å²) in [4.78, 5) is 0. The summed E-state index contributed by atoms with van der Waals surface area (Å²) >= 11 is 1.90. The van der Waals surface area contributed by atoms with E-state index in [1.165, 1.54) is 22.1 Å². The van der Waals surface area contributed by atoms with Crippen LogP contribution in [0, 0.1) is 0 Å². The topological polar surface area (TPSA) is 20.2 Å². The van der Waals surface area contributed by atoms with E-state index in [0.717, 1.165) is 19.3 Å². The Hall–Kier alpha value is -0.990. The van der Waals surface area contributed by atoms with Crippen molar-refractivity contribution in [3.05, 3.63) is 48.0 Å². The van der Waals surface area contributed by atoms with E-state index < -0.39 is 5.60 Å². The molecule has 1 aliphatic heterocycles. The van der Waals surface area contributed by atoms with Gasteiger partial charge in [0.15, 0.2) is 0 Å². The summed E-state index contributed by atoms with van der Waals surface area (Å²) in [5.41, 5.74) is 0.725. The Morgan fingerprint density at radius 1 is 1.21 bits per heavy atom. The second-order valence-corrected chi connectivity index (χ2v) is 6.98. The van der Waals surface area contributed by atoms with Crippen LogP contribution < -0.4 is 0 Å². The minimum absolute atomic E-state index is 0.320. The normalized spacial score (nSPS) is 27.6. The molecule has 1 fully saturated rings. The lowest BCUT2D eigenvalue weighted by molar-refractivity contribution is 0.0301. The van der Waals surface area contributed by atoms with Gasteiger partial charge >= 0.3 is 0 Å². The van der Waals surface area contributed by atoms with Crippen LogP contribution in [0.15, 0.2) is 42.5 Å². The number of benzene rings is 2. The zero-order valence-electron chi connectivity index (χ0n) is 11.3. The lowest BCUT2D eigenvalue weighted by Gasteiger charge is -2.38. The number of rotatable bonds is 2. The molecule has 1 heterocycles. The molecular weight excluding hydrogens is 252 g/mol. The molecule has 0 saturated carbocycles. The molecule has 0 spiro atoms. The van der Waals surface area contributed by atoms with Gasteiger partial charge in [0.2, 0.25) is 0 Å². The molecule has 2 heteroatoms. The molecule has 0 amide bonds. The molecule has 19 heavy (non-hydrogen) atoms. The molecular formula is C17H20OS. The summed E-state index contributed by atoms with van der Waals surface area (Å²) in [6.45, 7) is 2.16. The Bertz CT molecular complexity index is 575. The molecule has 1 nitrogen and oxygen atoms in total. The van der Waals surface area contributed by atoms with Crippen molar-refractivity contribution in [3.8, 4) is 0 Å². The van der Waals surface area contributed by atoms with Gasteiger partial charge in [-0.25, -0.2) is 0 Å². The van der Waals surface area contributed by atoms with Crippen LogP contribution in [-0.2, 0) is 6.42 Å². The van der Waals surface area contributed by atoms with Gasteiger partial charge in [0.25, 0.3) is 0 Å². The highest BCUT2D eigenvalue weighted by molar-refractivity contribution is 8.00. The van der Waals surface area contributed by atoms with Gasteiger partial charge in [-0.2, -0.15) is 11.8 Å². The average molecular weight is 272 g/mol. The molecule has 0 aliphatic carbocycles. The minimum Gasteiger partial charge on any atom is -0.388 e. The van der Waals surface area contributed by atoms with Crippen molar-refractivity contribution < 1.29 is 5.11 Å². The van der Waals surface area contributed by atoms with Crippen molar-refractivity contribution in [2.45, 2.75) is 37.0 Å². The van der Waals surface area contributed by atoms with Crippen molar-refractivity contribution in [3.63, 3.8) is 0 Å². The molecule has 2 aromatic rings. The summed E-state index contributed by atoms with van der Waals surface area (Å²) < 4.78 is 0. The quantitative estimate of drug-likeness (QED) is 0.890. The number of hydrogen-bond donors (Lipinski definition) is 1. The molecule has 0 aromatic heterocycles. The number of aliphatic hydroxyl groups is 1. The fraction of sp³-hybridized carbons (Fsp3) is 0.412. The van der Waals surface area contributed by atoms with Crippen molar-refractivity contribution in [1.29, 1.82) is 0 Å². The highest BCUT2D eigenvalue weighted by Gasteiger charge is 2.36. The van der Waals surface area contributed by atoms with Gasteiger partial charge < -0.3 is 5.11 Å². The Kier molecular flexibility index (Phi) is 3.55. The first-order chi connectivity index (χ1) is 9.19. The minimum atomic E-state index is -0.549. The summed E-state index contributed by atoms with van der Waals surface area (Å²) in [6.07, 6.45) is 2.81. The smallest absolute Gasteiger partial charge is 0.0803 e. The molecule has 100 valence electrons. The van der Waals surface area contributed by atoms with Crippen molar-refractivity contribution in [1.82, 2.24) is 0 Å². The third kappa shape index (κ3) is 2.52. The first kappa shape index (κ1) is 13.0. The van der Waals surface area contributed by atoms with Crippen LogP contribution in [0.2, 0.25) is 0 Å². The molecule has 1 aliphatic rings. The van der Waals surface area contributed by atoms with Crippen molar-refractivity contribution in [2.75, 3.05) is 5.75 Å². The molecule has 2 atom stereocenters. The molecule has 2 unspecified atom stereocenters. The van der Waals surface area contributed by atoms with E-state index in [0.29, 0.717) is 5.25 Å². The Balaban J connectivity index is 1.97. The first-order valence-electron chi connectivity index (χ1n) is 7.00. The monoisotopic (exact) mass is 272 g/mol. The fourth-order valence-corrected chi connectivity index (χ4v) is 4.18. The lowest BCUT2D eigenvalue weighted by atomic mass is 9.85. The van der Waals surface area contributed by atoms with Crippen LogP contribution in [0.5, 0.6) is 0 Å². The maximum absolute atomic E-state index is 10.9. The van der Waals surface area contributed by atoms with E-state index in [4.69, 9.17) is 0 Å². The van der Waals surface area contributed by atoms with E-state index in [-0.39, 0.29) is 0 Å². The molecule has 1 saturated heterocycles. The van der Waals surface area contributed by atoms with Gasteiger partial charge in [0.05, 0.1) is 5.60 Å². The third-order valence-corrected chi connectivity index (χ3v) is 5.72. The summed E-state index contributed by atoms with van der Waals surface area (Å²) in [5, 5.41) is 13.8. The van der Waals surface area contributed by atoms with Gasteiger partial charge in [0.1, 0.15) is 0 Å². The molecule has 2 aromatic carbocycles. The second-order valence-electron chi connectivity index (χ2n) is 5.54. The standard InChI is InChI=1S/C17H20OS/c1-13-17(18,10-5-11-19-13)12-15-8-4-7-14-6-2-3-9-16(14)15/h2-4,6-9,13,18H,5,10-12H2,1H3. The predicted octanol–water partition coefficient (Wildman–Crippen LogP) is 4.03. The lowest BCUT2D eigenvalue weighted by Crippen LogP contribution is -2.43. The zero-order valence-corrected chi connectivity index (χ0v) is 12.1. The van der Waals surface area contributed by atoms with Crippen LogP contribution in [0.4, 0.5) is 0 Å². The Labute approximate surface area is 119 Å². The predicted molar refractivity (Wildman–Crippen MR) is 83.8 cm³/mol. The van der Waals surface area contributed by atoms with E-state index in [1.54, 1.807) is 0 Å². The zero-order chi connectivity index (χ0) is 13.3. The second kappa shape index (κ2) is 5.18. The van der Waals surface area contributed by atoms with Gasteiger partial charge in [-0.15, -0.1) is 0 Å². The van der Waals surface area contributed by atoms with Crippen LogP contribution in [0.1, 0.15) is 25.3 Å². The average Bonchev–Trinajstić information content (AvgIpc) is 2.43. The number of hydrogen-bond acceptors (Lipinski definition) is 2. The number of thioether (sulfide) groups is 1. The SMILES string of the molecule is CC1SCCCC1(O)Cc1cccc2ccccc12. The van der Waals surface area contributed by atoms with E-state index in [1.807, 2.05) is 11.8 Å². The van der Waals surface area contributed by atoms with Crippen LogP contribution in [0.25, 0.3) is 10.8 Å². The maximum Gasteiger partial charge on any atom is 0.0803 e. The molecule has 0 radical (unpaired) electrons. The first-order valence-corrected chi connectivity index (χ1v) is 8.04. The van der Waals surface area contributed by atoms with E-state index in [2.05, 4.69) is 49.4 Å². The van der Waals surface area contributed by atoms with Gasteiger partial charge in [-0.3, -0.25) is 0 Å². The van der Waals surface area contributed by atoms with E-state index in [9.17, 15) is 5.11 Å². The highest BCUT2D eigenvalue weighted by Crippen LogP contribution is 2.37. The van der Waals surface area contributed by atoms with Gasteiger partial charge in [-0.1, -0.05) is 49.4 Å². The van der Waals surface area contributed by atoms with Crippen molar-refractivity contribution in [2.24, 2.45) is 0 Å². The molecule has 0 bridgehead atoms. The van der Waals surface area contributed by atoms with Crippen LogP contribution in [-0.4, -0.2) is 21.7 Å². The Morgan fingerprint density at radius 3 is 2.84 bits per heavy atom. The largest absolute Gasteiger partial charge is 0.388 e. The molecule has 3 rings (SSSR count). The van der Waals surface area contributed by atoms with Crippen LogP contribution in [0.3, 0.4) is 0 Å². The Morgan fingerprint density at radius 2 is 2.00 bits per heavy atom. The summed E-state index contributed by atoms with van der Waals surface area (Å²) in [5.74, 6) is 1.18. The highest BCUT2D eigenvalue weighted by atomic mass is 32.2. The van der Waals surface area contributed by atoms with Crippen LogP contribution >= 0.6 is 11.8 Å². The van der Waals surface area contributed by atoms with Crippen molar-refractivity contribution >= 4 is 22.5 Å². The fourth-order valence-electron chi connectivity index (χ4n) is 3.01. The molecule has 1 N–H and O–H groups in total. The summed E-state index contributed by atoms with van der Waals surface area (Å²) in [7, 11) is 0. The third-order valence-electron chi connectivity index (χ3n) is 4.26. The maximum atomic E-state index is 10.9. The number of fused-ring (bicyclic) bond motifs is 1. The van der Waals surface area contributed by atoms with Gasteiger partial charge in [-0.05, 0) is 34.9 Å². The van der Waals surface area contributed by atoms with E-state index >= 15 is 0 Å².